The van der Waals surface area contributed by atoms with Crippen molar-refractivity contribution in [3.05, 3.63) is 63.2 Å². The van der Waals surface area contributed by atoms with E-state index in [9.17, 15) is 4.79 Å². The van der Waals surface area contributed by atoms with Crippen LogP contribution in [0, 0.1) is 10.5 Å². The van der Waals surface area contributed by atoms with Gasteiger partial charge in [-0.2, -0.15) is 0 Å². The number of hydrogen-bond acceptors (Lipinski definition) is 2. The van der Waals surface area contributed by atoms with E-state index in [2.05, 4.69) is 38.5 Å². The minimum atomic E-state index is -1.81. The first kappa shape index (κ1) is 21.5. The molecular formula is C17H15Cl3IN3OS. The van der Waals surface area contributed by atoms with E-state index >= 15 is 0 Å². The number of carbonyl (C=O) groups excluding carboxylic acids is 1. The van der Waals surface area contributed by atoms with Gasteiger partial charge in [-0.1, -0.05) is 52.5 Å². The zero-order valence-corrected chi connectivity index (χ0v) is 18.8. The summed E-state index contributed by atoms with van der Waals surface area (Å²) < 4.78 is -0.713. The maximum absolute atomic E-state index is 12.4. The van der Waals surface area contributed by atoms with Crippen molar-refractivity contribution in [2.75, 3.05) is 5.32 Å². The Bertz CT molecular complexity index is 779. The summed E-state index contributed by atoms with van der Waals surface area (Å²) in [5.74, 6) is -0.383. The quantitative estimate of drug-likeness (QED) is 0.220. The Morgan fingerprint density at radius 2 is 1.62 bits per heavy atom. The summed E-state index contributed by atoms with van der Waals surface area (Å²) >= 11 is 25.4. The van der Waals surface area contributed by atoms with Crippen LogP contribution in [0.5, 0.6) is 0 Å². The molecule has 0 unspecified atom stereocenters. The predicted octanol–water partition coefficient (Wildman–Crippen LogP) is 5.01. The number of halogens is 4. The van der Waals surface area contributed by atoms with Crippen molar-refractivity contribution in [1.29, 1.82) is 0 Å². The summed E-state index contributed by atoms with van der Waals surface area (Å²) in [5, 5.41) is 8.66. The predicted molar refractivity (Wildman–Crippen MR) is 121 cm³/mol. The topological polar surface area (TPSA) is 53.2 Å². The molecule has 0 fully saturated rings. The summed E-state index contributed by atoms with van der Waals surface area (Å²) in [5.41, 5.74) is 2.27. The molecule has 0 aliphatic heterocycles. The molecule has 0 aromatic heterocycles. The fraction of sp³-hybridized carbons (Fsp3) is 0.176. The highest BCUT2D eigenvalue weighted by atomic mass is 127. The number of benzene rings is 2. The normalized spacial score (nSPS) is 12.2. The Morgan fingerprint density at radius 1 is 1.04 bits per heavy atom. The molecule has 26 heavy (non-hydrogen) atoms. The summed E-state index contributed by atoms with van der Waals surface area (Å²) in [7, 11) is 0. The Hall–Kier alpha value is -0.800. The van der Waals surface area contributed by atoms with Crippen molar-refractivity contribution in [2.24, 2.45) is 0 Å². The third kappa shape index (κ3) is 6.74. The smallest absolute Gasteiger partial charge is 0.252 e. The summed E-state index contributed by atoms with van der Waals surface area (Å²) in [4.78, 5) is 12.4. The molecule has 0 saturated heterocycles. The van der Waals surface area contributed by atoms with Gasteiger partial charge >= 0.3 is 0 Å². The monoisotopic (exact) mass is 541 g/mol. The van der Waals surface area contributed by atoms with E-state index in [1.165, 1.54) is 0 Å². The Balaban J connectivity index is 2.04. The number of alkyl halides is 3. The van der Waals surface area contributed by atoms with Crippen LogP contribution in [-0.4, -0.2) is 21.0 Å². The molecule has 0 spiro atoms. The molecule has 0 radical (unpaired) electrons. The average Bonchev–Trinajstić information content (AvgIpc) is 2.56. The number of carbonyl (C=O) groups is 1. The molecule has 2 rings (SSSR count). The van der Waals surface area contributed by atoms with Crippen molar-refractivity contribution in [3.63, 3.8) is 0 Å². The highest BCUT2D eigenvalue weighted by molar-refractivity contribution is 14.1. The Labute approximate surface area is 186 Å². The van der Waals surface area contributed by atoms with Crippen molar-refractivity contribution in [1.82, 2.24) is 10.6 Å². The summed E-state index contributed by atoms with van der Waals surface area (Å²) in [6, 6.07) is 14.6. The zero-order chi connectivity index (χ0) is 19.3. The first-order chi connectivity index (χ1) is 12.1. The molecule has 0 aliphatic carbocycles. The molecular weight excluding hydrogens is 528 g/mol. The van der Waals surface area contributed by atoms with E-state index in [0.717, 1.165) is 14.8 Å². The molecule has 9 heteroatoms. The summed E-state index contributed by atoms with van der Waals surface area (Å²) in [6.07, 6.45) is -1.02. The van der Waals surface area contributed by atoms with E-state index in [1.54, 1.807) is 12.1 Å². The van der Waals surface area contributed by atoms with Gasteiger partial charge in [0.25, 0.3) is 5.91 Å². The molecule has 0 aliphatic rings. The molecule has 2 aromatic rings. The lowest BCUT2D eigenvalue weighted by molar-refractivity contribution is 0.0934. The van der Waals surface area contributed by atoms with Crippen LogP contribution in [0.15, 0.2) is 48.5 Å². The third-order valence-electron chi connectivity index (χ3n) is 3.29. The molecule has 2 aromatic carbocycles. The molecule has 0 saturated carbocycles. The minimum Gasteiger partial charge on any atom is -0.339 e. The Kier molecular flexibility index (Phi) is 7.78. The molecule has 3 N–H and O–H groups in total. The number of aryl methyl sites for hydroxylation is 1. The van der Waals surface area contributed by atoms with E-state index in [4.69, 9.17) is 47.0 Å². The summed E-state index contributed by atoms with van der Waals surface area (Å²) in [6.45, 7) is 1.93. The molecule has 138 valence electrons. The van der Waals surface area contributed by atoms with Gasteiger partial charge < -0.3 is 16.0 Å². The second kappa shape index (κ2) is 9.41. The van der Waals surface area contributed by atoms with Crippen molar-refractivity contribution in [2.45, 2.75) is 16.9 Å². The fourth-order valence-corrected chi connectivity index (χ4v) is 2.87. The molecule has 4 nitrogen and oxygen atoms in total. The van der Waals surface area contributed by atoms with Gasteiger partial charge in [0.1, 0.15) is 6.17 Å². The molecule has 0 bridgehead atoms. The van der Waals surface area contributed by atoms with Gasteiger partial charge in [0.15, 0.2) is 5.11 Å². The lowest BCUT2D eigenvalue weighted by atomic mass is 10.1. The SMILES string of the molecule is Cc1ccc(C(=O)N[C@H](NC(=S)Nc2ccc(I)cc2)C(Cl)(Cl)Cl)cc1. The van der Waals surface area contributed by atoms with E-state index in [0.29, 0.717) is 5.56 Å². The Morgan fingerprint density at radius 3 is 2.15 bits per heavy atom. The van der Waals surface area contributed by atoms with Crippen LogP contribution >= 0.6 is 69.6 Å². The third-order valence-corrected chi connectivity index (χ3v) is 4.89. The van der Waals surface area contributed by atoms with Crippen LogP contribution in [0.1, 0.15) is 15.9 Å². The van der Waals surface area contributed by atoms with Gasteiger partial charge in [-0.15, -0.1) is 0 Å². The van der Waals surface area contributed by atoms with Crippen LogP contribution in [0.4, 0.5) is 5.69 Å². The van der Waals surface area contributed by atoms with Crippen LogP contribution in [0.2, 0.25) is 0 Å². The van der Waals surface area contributed by atoms with Crippen LogP contribution in [-0.2, 0) is 0 Å². The zero-order valence-electron chi connectivity index (χ0n) is 13.5. The number of anilines is 1. The first-order valence-electron chi connectivity index (χ1n) is 7.42. The molecule has 1 amide bonds. The lowest BCUT2D eigenvalue weighted by Crippen LogP contribution is -2.56. The standard InChI is InChI=1S/C17H15Cl3IN3OS/c1-10-2-4-11(5-3-10)14(25)23-15(17(18,19)20)24-16(26)22-13-8-6-12(21)7-9-13/h2-9,15H,1H3,(H,23,25)(H2,22,24,26)/t15-/m1/s1. The van der Waals surface area contributed by atoms with Crippen molar-refractivity contribution in [3.8, 4) is 0 Å². The van der Waals surface area contributed by atoms with Gasteiger partial charge in [0, 0.05) is 14.8 Å². The first-order valence-corrected chi connectivity index (χ1v) is 10.0. The van der Waals surface area contributed by atoms with Gasteiger partial charge in [-0.25, -0.2) is 0 Å². The van der Waals surface area contributed by atoms with Crippen LogP contribution in [0.25, 0.3) is 0 Å². The van der Waals surface area contributed by atoms with Crippen molar-refractivity contribution >= 4 is 86.3 Å². The van der Waals surface area contributed by atoms with E-state index < -0.39 is 9.96 Å². The molecule has 0 heterocycles. The van der Waals surface area contributed by atoms with E-state index in [-0.39, 0.29) is 11.0 Å². The number of hydrogen-bond donors (Lipinski definition) is 3. The van der Waals surface area contributed by atoms with Gasteiger partial charge in [0.2, 0.25) is 3.79 Å². The average molecular weight is 543 g/mol. The van der Waals surface area contributed by atoms with Crippen LogP contribution in [0.3, 0.4) is 0 Å². The maximum Gasteiger partial charge on any atom is 0.252 e. The number of rotatable bonds is 4. The fourth-order valence-electron chi connectivity index (χ4n) is 1.95. The highest BCUT2D eigenvalue weighted by Gasteiger charge is 2.34. The lowest BCUT2D eigenvalue weighted by Gasteiger charge is -2.27. The van der Waals surface area contributed by atoms with Gasteiger partial charge in [0.05, 0.1) is 0 Å². The van der Waals surface area contributed by atoms with Gasteiger partial charge in [-0.05, 0) is 78.1 Å². The van der Waals surface area contributed by atoms with E-state index in [1.807, 2.05) is 43.3 Å². The minimum absolute atomic E-state index is 0.215. The second-order valence-electron chi connectivity index (χ2n) is 5.42. The molecule has 1 atom stereocenters. The second-order valence-corrected chi connectivity index (χ2v) is 9.44. The van der Waals surface area contributed by atoms with Crippen LogP contribution < -0.4 is 16.0 Å². The van der Waals surface area contributed by atoms with Gasteiger partial charge in [-0.3, -0.25) is 4.79 Å². The maximum atomic E-state index is 12.4. The largest absolute Gasteiger partial charge is 0.339 e. The number of amides is 1. The number of thiocarbonyl (C=S) groups is 1. The van der Waals surface area contributed by atoms with Crippen molar-refractivity contribution < 1.29 is 4.79 Å². The highest BCUT2D eigenvalue weighted by Crippen LogP contribution is 2.29. The number of nitrogens with one attached hydrogen (secondary N) is 3.